The third-order valence-corrected chi connectivity index (χ3v) is 2.56. The van der Waals surface area contributed by atoms with E-state index in [0.29, 0.717) is 0 Å². The van der Waals surface area contributed by atoms with Gasteiger partial charge in [-0.15, -0.1) is 0 Å². The van der Waals surface area contributed by atoms with E-state index >= 15 is 0 Å². The average molecular weight is 204 g/mol. The average Bonchev–Trinajstić information content (AvgIpc) is 2.61. The number of hydrogen-bond acceptors (Lipinski definition) is 2. The molecule has 0 spiro atoms. The maximum atomic E-state index is 9.33. The molecule has 80 valence electrons. The minimum atomic E-state index is 0.0770. The van der Waals surface area contributed by atoms with Crippen LogP contribution in [0.1, 0.15) is 24.5 Å². The molecule has 0 amide bonds. The van der Waals surface area contributed by atoms with E-state index in [1.807, 2.05) is 23.9 Å². The number of fused-ring (bicyclic) bond motifs is 1. The summed E-state index contributed by atoms with van der Waals surface area (Å²) in [5.74, 6) is 0. The second kappa shape index (κ2) is 4.03. The number of hydrogen-bond donors (Lipinski definition) is 1. The molecule has 1 heterocycles. The number of nitrogens with zero attached hydrogens (tertiary/aromatic N) is 2. The van der Waals surface area contributed by atoms with Crippen molar-refractivity contribution in [2.75, 3.05) is 0 Å². The molecule has 2 aromatic rings. The molecule has 0 saturated carbocycles. The van der Waals surface area contributed by atoms with E-state index in [-0.39, 0.29) is 6.61 Å². The highest BCUT2D eigenvalue weighted by atomic mass is 16.3. The maximum absolute atomic E-state index is 9.33. The van der Waals surface area contributed by atoms with Crippen LogP contribution in [0.15, 0.2) is 18.3 Å². The fourth-order valence-corrected chi connectivity index (χ4v) is 1.99. The van der Waals surface area contributed by atoms with E-state index < -0.39 is 0 Å². The van der Waals surface area contributed by atoms with Gasteiger partial charge < -0.3 is 5.11 Å². The van der Waals surface area contributed by atoms with E-state index in [1.165, 1.54) is 5.56 Å². The lowest BCUT2D eigenvalue weighted by Crippen LogP contribution is -2.01. The van der Waals surface area contributed by atoms with Gasteiger partial charge >= 0.3 is 0 Å². The van der Waals surface area contributed by atoms with Crippen LogP contribution in [0.2, 0.25) is 0 Å². The zero-order valence-electron chi connectivity index (χ0n) is 9.20. The predicted molar refractivity (Wildman–Crippen MR) is 60.7 cm³/mol. The molecule has 3 nitrogen and oxygen atoms in total. The second-order valence-corrected chi connectivity index (χ2v) is 3.89. The van der Waals surface area contributed by atoms with Gasteiger partial charge in [-0.1, -0.05) is 13.0 Å². The van der Waals surface area contributed by atoms with Crippen molar-refractivity contribution in [3.63, 3.8) is 0 Å². The lowest BCUT2D eigenvalue weighted by Gasteiger charge is -2.06. The Morgan fingerprint density at radius 2 is 2.20 bits per heavy atom. The van der Waals surface area contributed by atoms with Crippen molar-refractivity contribution in [1.29, 1.82) is 0 Å². The molecule has 0 aliphatic heterocycles. The van der Waals surface area contributed by atoms with Crippen LogP contribution in [0, 0.1) is 6.92 Å². The number of aromatic nitrogens is 2. The van der Waals surface area contributed by atoms with Crippen LogP contribution >= 0.6 is 0 Å². The fraction of sp³-hybridized carbons (Fsp3) is 0.417. The van der Waals surface area contributed by atoms with Crippen LogP contribution in [-0.4, -0.2) is 14.9 Å². The van der Waals surface area contributed by atoms with Gasteiger partial charge in [-0.3, -0.25) is 4.68 Å². The van der Waals surface area contributed by atoms with E-state index in [0.717, 1.165) is 29.4 Å². The third kappa shape index (κ3) is 1.75. The smallest absolute Gasteiger partial charge is 0.0737 e. The topological polar surface area (TPSA) is 38.0 Å². The summed E-state index contributed by atoms with van der Waals surface area (Å²) in [7, 11) is 0. The standard InChI is InChI=1S/C12H16N2O/c1-3-4-14-12-10(7-13-14)5-9(2)6-11(12)8-15/h5-7,15H,3-4,8H2,1-2H3. The van der Waals surface area contributed by atoms with E-state index in [2.05, 4.69) is 18.1 Å². The quantitative estimate of drug-likeness (QED) is 0.832. The molecule has 1 aromatic heterocycles. The van der Waals surface area contributed by atoms with Gasteiger partial charge in [0.05, 0.1) is 18.3 Å². The zero-order valence-corrected chi connectivity index (χ0v) is 9.20. The van der Waals surface area contributed by atoms with Gasteiger partial charge in [0.15, 0.2) is 0 Å². The van der Waals surface area contributed by atoms with Crippen LogP contribution in [0.25, 0.3) is 10.9 Å². The SMILES string of the molecule is CCCn1ncc2cc(C)cc(CO)c21. The minimum Gasteiger partial charge on any atom is -0.392 e. The molecule has 0 atom stereocenters. The Morgan fingerprint density at radius 1 is 1.40 bits per heavy atom. The molecule has 1 aromatic carbocycles. The molecule has 0 aliphatic rings. The van der Waals surface area contributed by atoms with Crippen molar-refractivity contribution >= 4 is 10.9 Å². The van der Waals surface area contributed by atoms with Crippen LogP contribution in [0.3, 0.4) is 0 Å². The van der Waals surface area contributed by atoms with Gasteiger partial charge in [-0.05, 0) is 25.0 Å². The molecule has 0 saturated heterocycles. The molecule has 15 heavy (non-hydrogen) atoms. The molecule has 2 rings (SSSR count). The molecule has 0 bridgehead atoms. The number of rotatable bonds is 3. The highest BCUT2D eigenvalue weighted by Gasteiger charge is 2.07. The first-order valence-electron chi connectivity index (χ1n) is 5.32. The molecule has 0 aliphatic carbocycles. The monoisotopic (exact) mass is 204 g/mol. The fourth-order valence-electron chi connectivity index (χ4n) is 1.99. The van der Waals surface area contributed by atoms with Crippen molar-refractivity contribution in [2.24, 2.45) is 0 Å². The van der Waals surface area contributed by atoms with Crippen molar-refractivity contribution in [2.45, 2.75) is 33.4 Å². The maximum Gasteiger partial charge on any atom is 0.0737 e. The van der Waals surface area contributed by atoms with Gasteiger partial charge in [0.1, 0.15) is 0 Å². The highest BCUT2D eigenvalue weighted by molar-refractivity contribution is 5.82. The number of benzene rings is 1. The first kappa shape index (κ1) is 10.2. The lowest BCUT2D eigenvalue weighted by atomic mass is 10.1. The number of aryl methyl sites for hydroxylation is 2. The summed E-state index contributed by atoms with van der Waals surface area (Å²) in [5.41, 5.74) is 3.21. The lowest BCUT2D eigenvalue weighted by molar-refractivity contribution is 0.282. The van der Waals surface area contributed by atoms with Gasteiger partial charge in [0.2, 0.25) is 0 Å². The van der Waals surface area contributed by atoms with Crippen LogP contribution in [0.4, 0.5) is 0 Å². The Hall–Kier alpha value is -1.35. The van der Waals surface area contributed by atoms with Crippen LogP contribution in [0.5, 0.6) is 0 Å². The zero-order chi connectivity index (χ0) is 10.8. The van der Waals surface area contributed by atoms with E-state index in [1.54, 1.807) is 0 Å². The summed E-state index contributed by atoms with van der Waals surface area (Å²) in [4.78, 5) is 0. The minimum absolute atomic E-state index is 0.0770. The molecule has 3 heteroatoms. The summed E-state index contributed by atoms with van der Waals surface area (Å²) < 4.78 is 1.97. The molecular weight excluding hydrogens is 188 g/mol. The summed E-state index contributed by atoms with van der Waals surface area (Å²) in [6.45, 7) is 5.14. The molecule has 0 fully saturated rings. The van der Waals surface area contributed by atoms with Crippen molar-refractivity contribution in [3.8, 4) is 0 Å². The van der Waals surface area contributed by atoms with Crippen molar-refractivity contribution in [1.82, 2.24) is 9.78 Å². The van der Waals surface area contributed by atoms with Crippen LogP contribution < -0.4 is 0 Å². The third-order valence-electron chi connectivity index (χ3n) is 2.56. The van der Waals surface area contributed by atoms with Gasteiger partial charge in [-0.25, -0.2) is 0 Å². The first-order chi connectivity index (χ1) is 7.26. The van der Waals surface area contributed by atoms with E-state index in [9.17, 15) is 5.11 Å². The highest BCUT2D eigenvalue weighted by Crippen LogP contribution is 2.21. The Balaban J connectivity index is 2.66. The van der Waals surface area contributed by atoms with Gasteiger partial charge in [0.25, 0.3) is 0 Å². The van der Waals surface area contributed by atoms with Crippen molar-refractivity contribution < 1.29 is 5.11 Å². The molecule has 0 radical (unpaired) electrons. The summed E-state index contributed by atoms with van der Waals surface area (Å²) >= 11 is 0. The summed E-state index contributed by atoms with van der Waals surface area (Å²) in [5, 5.41) is 14.8. The molecule has 1 N–H and O–H groups in total. The molecular formula is C12H16N2O. The predicted octanol–water partition coefficient (Wildman–Crippen LogP) is 2.25. The Labute approximate surface area is 89.3 Å². The number of aliphatic hydroxyl groups is 1. The van der Waals surface area contributed by atoms with E-state index in [4.69, 9.17) is 0 Å². The van der Waals surface area contributed by atoms with Crippen LogP contribution in [-0.2, 0) is 13.2 Å². The Bertz CT molecular complexity index is 474. The van der Waals surface area contributed by atoms with Crippen molar-refractivity contribution in [3.05, 3.63) is 29.5 Å². The normalized spacial score (nSPS) is 11.1. The summed E-state index contributed by atoms with van der Waals surface area (Å²) in [6.07, 6.45) is 2.92. The van der Waals surface area contributed by atoms with Gasteiger partial charge in [-0.2, -0.15) is 5.10 Å². The first-order valence-corrected chi connectivity index (χ1v) is 5.32. The summed E-state index contributed by atoms with van der Waals surface area (Å²) in [6, 6.07) is 4.13. The Morgan fingerprint density at radius 3 is 2.87 bits per heavy atom. The van der Waals surface area contributed by atoms with Gasteiger partial charge in [0, 0.05) is 17.5 Å². The largest absolute Gasteiger partial charge is 0.392 e. The second-order valence-electron chi connectivity index (χ2n) is 3.89. The Kier molecular flexibility index (Phi) is 2.73. The number of aliphatic hydroxyl groups excluding tert-OH is 1. The molecule has 0 unspecified atom stereocenters.